The molecule has 29 heavy (non-hydrogen) atoms. The van der Waals surface area contributed by atoms with Crippen molar-refractivity contribution in [2.45, 2.75) is 26.8 Å². The number of thiophene rings is 1. The van der Waals surface area contributed by atoms with E-state index in [0.717, 1.165) is 29.9 Å². The molecule has 7 nitrogen and oxygen atoms in total. The van der Waals surface area contributed by atoms with Crippen molar-refractivity contribution in [3.8, 4) is 0 Å². The summed E-state index contributed by atoms with van der Waals surface area (Å²) < 4.78 is 29.4. The second-order valence-corrected chi connectivity index (χ2v) is 10.8. The van der Waals surface area contributed by atoms with E-state index in [9.17, 15) is 13.2 Å². The van der Waals surface area contributed by atoms with Crippen molar-refractivity contribution in [3.05, 3.63) is 45.4 Å². The second kappa shape index (κ2) is 9.09. The second-order valence-electron chi connectivity index (χ2n) is 7.65. The van der Waals surface area contributed by atoms with Crippen molar-refractivity contribution in [3.63, 3.8) is 0 Å². The third kappa shape index (κ3) is 4.97. The largest absolute Gasteiger partial charge is 0.348 e. The molecule has 0 aromatic carbocycles. The third-order valence-corrected chi connectivity index (χ3v) is 8.40. The van der Waals surface area contributed by atoms with Crippen LogP contribution in [0.15, 0.2) is 23.6 Å². The highest BCUT2D eigenvalue weighted by molar-refractivity contribution is 7.86. The van der Waals surface area contributed by atoms with Crippen LogP contribution in [0.1, 0.15) is 26.6 Å². The predicted octanol–water partition coefficient (Wildman–Crippen LogP) is 2.02. The number of Topliss-reactive ketones (excluding diaryl/α,β-unsaturated/α-hetero) is 1. The fourth-order valence-electron chi connectivity index (χ4n) is 3.74. The first-order valence-electron chi connectivity index (χ1n) is 9.82. The van der Waals surface area contributed by atoms with Crippen molar-refractivity contribution in [2.75, 3.05) is 46.8 Å². The van der Waals surface area contributed by atoms with E-state index in [1.807, 2.05) is 24.8 Å². The molecule has 0 bridgehead atoms. The molecule has 0 saturated carbocycles. The van der Waals surface area contributed by atoms with Crippen LogP contribution in [0.4, 0.5) is 0 Å². The maximum absolute atomic E-state index is 12.9. The molecule has 1 aliphatic rings. The van der Waals surface area contributed by atoms with Crippen LogP contribution in [0.25, 0.3) is 0 Å². The van der Waals surface area contributed by atoms with Crippen molar-refractivity contribution < 1.29 is 13.2 Å². The highest BCUT2D eigenvalue weighted by Crippen LogP contribution is 2.19. The Kier molecular flexibility index (Phi) is 6.95. The van der Waals surface area contributed by atoms with Crippen LogP contribution >= 0.6 is 11.3 Å². The average Bonchev–Trinajstić information content (AvgIpc) is 3.28. The lowest BCUT2D eigenvalue weighted by Crippen LogP contribution is -2.52. The van der Waals surface area contributed by atoms with Crippen molar-refractivity contribution >= 4 is 27.3 Å². The summed E-state index contributed by atoms with van der Waals surface area (Å²) in [5, 5.41) is 2.09. The van der Waals surface area contributed by atoms with Crippen LogP contribution < -0.4 is 0 Å². The number of carbonyl (C=O) groups is 1. The van der Waals surface area contributed by atoms with E-state index >= 15 is 0 Å². The number of hydrogen-bond donors (Lipinski definition) is 0. The van der Waals surface area contributed by atoms with Gasteiger partial charge in [-0.2, -0.15) is 17.0 Å². The van der Waals surface area contributed by atoms with Gasteiger partial charge in [-0.3, -0.25) is 9.69 Å². The molecule has 3 rings (SSSR count). The van der Waals surface area contributed by atoms with Gasteiger partial charge < -0.3 is 4.57 Å². The zero-order valence-corrected chi connectivity index (χ0v) is 19.2. The minimum absolute atomic E-state index is 0.101. The van der Waals surface area contributed by atoms with E-state index in [1.54, 1.807) is 25.4 Å². The molecule has 0 radical (unpaired) electrons. The number of carbonyl (C=O) groups excluding carboxylic acids is 1. The molecule has 2 aromatic rings. The Morgan fingerprint density at radius 2 is 1.86 bits per heavy atom. The summed E-state index contributed by atoms with van der Waals surface area (Å²) in [7, 11) is -0.303. The lowest BCUT2D eigenvalue weighted by molar-refractivity contribution is 0.0899. The SMILES string of the molecule is Cc1cc(C(=O)CN2CCN(S(=O)(=O)N(C)C)CC2)c(C)n1CCc1cccs1. The topological polar surface area (TPSA) is 65.9 Å². The number of nitrogens with zero attached hydrogens (tertiary/aromatic N) is 4. The maximum Gasteiger partial charge on any atom is 0.281 e. The van der Waals surface area contributed by atoms with E-state index in [1.165, 1.54) is 13.5 Å². The van der Waals surface area contributed by atoms with E-state index in [4.69, 9.17) is 0 Å². The molecule has 1 saturated heterocycles. The highest BCUT2D eigenvalue weighted by Gasteiger charge is 2.29. The van der Waals surface area contributed by atoms with Gasteiger partial charge in [-0.15, -0.1) is 11.3 Å². The summed E-state index contributed by atoms with van der Waals surface area (Å²) in [4.78, 5) is 16.3. The molecule has 0 amide bonds. The minimum Gasteiger partial charge on any atom is -0.348 e. The van der Waals surface area contributed by atoms with Gasteiger partial charge in [0.2, 0.25) is 0 Å². The third-order valence-electron chi connectivity index (χ3n) is 5.52. The standard InChI is InChI=1S/C20H30N4O3S2/c1-16-14-19(17(2)24(16)8-7-18-6-5-13-28-18)20(25)15-22-9-11-23(12-10-22)29(26,27)21(3)4/h5-6,13-14H,7-12,15H2,1-4H3. The van der Waals surface area contributed by atoms with Crippen LogP contribution in [-0.4, -0.2) is 79.1 Å². The summed E-state index contributed by atoms with van der Waals surface area (Å²) in [6.45, 7) is 7.20. The normalized spacial score (nSPS) is 16.6. The molecule has 0 spiro atoms. The van der Waals surface area contributed by atoms with Crippen LogP contribution in [0.2, 0.25) is 0 Å². The number of hydrogen-bond acceptors (Lipinski definition) is 5. The first kappa shape index (κ1) is 22.2. The van der Waals surface area contributed by atoms with Gasteiger partial charge in [0.25, 0.3) is 10.2 Å². The van der Waals surface area contributed by atoms with Crippen molar-refractivity contribution in [1.29, 1.82) is 0 Å². The summed E-state index contributed by atoms with van der Waals surface area (Å²) in [5.41, 5.74) is 2.89. The fraction of sp³-hybridized carbons (Fsp3) is 0.550. The molecular formula is C20H30N4O3S2. The molecule has 1 fully saturated rings. The number of ketones is 1. The molecule has 3 heterocycles. The molecular weight excluding hydrogens is 408 g/mol. The molecule has 1 aliphatic heterocycles. The van der Waals surface area contributed by atoms with Crippen LogP contribution in [0, 0.1) is 13.8 Å². The molecule has 160 valence electrons. The van der Waals surface area contributed by atoms with Gasteiger partial charge >= 0.3 is 0 Å². The van der Waals surface area contributed by atoms with Gasteiger partial charge in [-0.05, 0) is 37.8 Å². The lowest BCUT2D eigenvalue weighted by Gasteiger charge is -2.34. The maximum atomic E-state index is 12.9. The first-order valence-corrected chi connectivity index (χ1v) is 12.1. The van der Waals surface area contributed by atoms with Gasteiger partial charge in [-0.1, -0.05) is 6.07 Å². The van der Waals surface area contributed by atoms with Crippen LogP contribution in [0.3, 0.4) is 0 Å². The van der Waals surface area contributed by atoms with E-state index < -0.39 is 10.2 Å². The Morgan fingerprint density at radius 3 is 2.45 bits per heavy atom. The van der Waals surface area contributed by atoms with Gasteiger partial charge in [0.1, 0.15) is 0 Å². The Bertz CT molecular complexity index is 941. The van der Waals surface area contributed by atoms with E-state index in [0.29, 0.717) is 32.7 Å². The quantitative estimate of drug-likeness (QED) is 0.592. The van der Waals surface area contributed by atoms with Gasteiger partial charge in [0, 0.05) is 68.6 Å². The minimum atomic E-state index is -3.39. The Morgan fingerprint density at radius 1 is 1.17 bits per heavy atom. The van der Waals surface area contributed by atoms with E-state index in [-0.39, 0.29) is 5.78 Å². The highest BCUT2D eigenvalue weighted by atomic mass is 32.2. The fourth-order valence-corrected chi connectivity index (χ4v) is 5.53. The van der Waals surface area contributed by atoms with E-state index in [2.05, 4.69) is 22.1 Å². The summed E-state index contributed by atoms with van der Waals surface area (Å²) in [5.74, 6) is 0.101. The molecule has 9 heteroatoms. The Balaban J connectivity index is 1.59. The van der Waals surface area contributed by atoms with Gasteiger partial charge in [-0.25, -0.2) is 0 Å². The number of rotatable bonds is 8. The Hall–Kier alpha value is -1.52. The molecule has 0 aliphatic carbocycles. The van der Waals surface area contributed by atoms with Gasteiger partial charge in [0.05, 0.1) is 6.54 Å². The zero-order chi connectivity index (χ0) is 21.2. The molecule has 2 aromatic heterocycles. The van der Waals surface area contributed by atoms with Crippen molar-refractivity contribution in [2.24, 2.45) is 0 Å². The van der Waals surface area contributed by atoms with Crippen molar-refractivity contribution in [1.82, 2.24) is 18.1 Å². The van der Waals surface area contributed by atoms with Gasteiger partial charge in [0.15, 0.2) is 5.78 Å². The molecule has 0 atom stereocenters. The lowest BCUT2D eigenvalue weighted by atomic mass is 10.1. The smallest absolute Gasteiger partial charge is 0.281 e. The zero-order valence-electron chi connectivity index (χ0n) is 17.6. The number of aryl methyl sites for hydroxylation is 2. The summed E-state index contributed by atoms with van der Waals surface area (Å²) >= 11 is 1.76. The Labute approximate surface area is 177 Å². The molecule has 0 unspecified atom stereocenters. The molecule has 0 N–H and O–H groups in total. The summed E-state index contributed by atoms with van der Waals surface area (Å²) in [6, 6.07) is 6.19. The number of piperazine rings is 1. The monoisotopic (exact) mass is 438 g/mol. The first-order chi connectivity index (χ1) is 13.7. The predicted molar refractivity (Wildman–Crippen MR) is 117 cm³/mol. The average molecular weight is 439 g/mol. The number of aromatic nitrogens is 1. The van der Waals surface area contributed by atoms with Crippen LogP contribution in [-0.2, 0) is 23.2 Å². The van der Waals surface area contributed by atoms with Crippen LogP contribution in [0.5, 0.6) is 0 Å². The summed E-state index contributed by atoms with van der Waals surface area (Å²) in [6.07, 6.45) is 0.962.